The molecule has 5 aromatic rings. The van der Waals surface area contributed by atoms with Crippen molar-refractivity contribution in [1.82, 2.24) is 19.4 Å². The molecule has 3 heterocycles. The standard InChI is InChI=1S/C24H22N6/c1-23(25,18-11-12-21-27-13-14-30(21)15-18)24(26,17-7-3-2-4-8-17)22-19-9-5-6-10-20(19)28-16-29-22/h2-16H,25-26H2,1H3. The molecule has 4 N–H and O–H groups in total. The average Bonchev–Trinajstić information content (AvgIpc) is 3.26. The van der Waals surface area contributed by atoms with Crippen LogP contribution in [0.4, 0.5) is 0 Å². The molecule has 0 radical (unpaired) electrons. The Bertz CT molecular complexity index is 1340. The minimum Gasteiger partial charge on any atom is -0.319 e. The molecule has 6 nitrogen and oxygen atoms in total. The van der Waals surface area contributed by atoms with E-state index in [9.17, 15) is 0 Å². The first-order chi connectivity index (χ1) is 14.5. The summed E-state index contributed by atoms with van der Waals surface area (Å²) in [6.07, 6.45) is 7.20. The maximum absolute atomic E-state index is 7.30. The number of rotatable bonds is 4. The van der Waals surface area contributed by atoms with Gasteiger partial charge >= 0.3 is 0 Å². The predicted octanol–water partition coefficient (Wildman–Crippen LogP) is 3.35. The van der Waals surface area contributed by atoms with E-state index < -0.39 is 11.1 Å². The zero-order valence-electron chi connectivity index (χ0n) is 16.6. The Labute approximate surface area is 174 Å². The van der Waals surface area contributed by atoms with Crippen LogP contribution in [0, 0.1) is 0 Å². The van der Waals surface area contributed by atoms with Crippen LogP contribution in [0.1, 0.15) is 23.7 Å². The fourth-order valence-corrected chi connectivity index (χ4v) is 4.16. The highest BCUT2D eigenvalue weighted by molar-refractivity contribution is 5.82. The maximum Gasteiger partial charge on any atom is 0.136 e. The SMILES string of the molecule is CC(N)(c1ccc2nccn2c1)C(N)(c1ccccc1)c1ncnc2ccccc12. The summed E-state index contributed by atoms with van der Waals surface area (Å²) < 4.78 is 1.95. The molecule has 0 bridgehead atoms. The van der Waals surface area contributed by atoms with Crippen LogP contribution in [0.15, 0.2) is 91.6 Å². The molecule has 3 aromatic heterocycles. The Morgan fingerprint density at radius 3 is 2.40 bits per heavy atom. The third kappa shape index (κ3) is 2.62. The molecule has 6 heteroatoms. The van der Waals surface area contributed by atoms with E-state index >= 15 is 0 Å². The molecule has 2 aromatic carbocycles. The van der Waals surface area contributed by atoms with Crippen LogP contribution >= 0.6 is 0 Å². The lowest BCUT2D eigenvalue weighted by atomic mass is 9.68. The van der Waals surface area contributed by atoms with Gasteiger partial charge in [0.1, 0.15) is 17.5 Å². The van der Waals surface area contributed by atoms with Crippen LogP contribution in [0.5, 0.6) is 0 Å². The third-order valence-electron chi connectivity index (χ3n) is 5.95. The van der Waals surface area contributed by atoms with Gasteiger partial charge in [-0.15, -0.1) is 0 Å². The van der Waals surface area contributed by atoms with E-state index in [1.165, 1.54) is 0 Å². The molecule has 2 unspecified atom stereocenters. The van der Waals surface area contributed by atoms with Gasteiger partial charge in [0.05, 0.1) is 16.7 Å². The second kappa shape index (κ2) is 6.73. The molecule has 0 amide bonds. The largest absolute Gasteiger partial charge is 0.319 e. The molecule has 0 saturated heterocycles. The molecule has 2 atom stereocenters. The highest BCUT2D eigenvalue weighted by atomic mass is 15.0. The number of fused-ring (bicyclic) bond motifs is 2. The topological polar surface area (TPSA) is 95.1 Å². The van der Waals surface area contributed by atoms with Crippen molar-refractivity contribution < 1.29 is 0 Å². The van der Waals surface area contributed by atoms with Crippen LogP contribution in [0.25, 0.3) is 16.6 Å². The Hall–Kier alpha value is -3.61. The lowest BCUT2D eigenvalue weighted by molar-refractivity contribution is 0.289. The van der Waals surface area contributed by atoms with Gasteiger partial charge in [0.25, 0.3) is 0 Å². The van der Waals surface area contributed by atoms with Crippen LogP contribution in [-0.2, 0) is 11.1 Å². The Morgan fingerprint density at radius 2 is 1.57 bits per heavy atom. The van der Waals surface area contributed by atoms with E-state index in [0.717, 1.165) is 27.7 Å². The minimum absolute atomic E-state index is 0.690. The molecule has 0 aliphatic heterocycles. The number of nitrogens with zero attached hydrogens (tertiary/aromatic N) is 4. The molecule has 0 fully saturated rings. The Morgan fingerprint density at radius 1 is 0.800 bits per heavy atom. The third-order valence-corrected chi connectivity index (χ3v) is 5.95. The summed E-state index contributed by atoms with van der Waals surface area (Å²) in [4.78, 5) is 13.4. The number of para-hydroxylation sites is 1. The van der Waals surface area contributed by atoms with Crippen molar-refractivity contribution in [2.75, 3.05) is 0 Å². The fraction of sp³-hybridized carbons (Fsp3) is 0.125. The van der Waals surface area contributed by atoms with Crippen molar-refractivity contribution in [2.24, 2.45) is 11.5 Å². The van der Waals surface area contributed by atoms with E-state index in [1.54, 1.807) is 12.5 Å². The Kier molecular flexibility index (Phi) is 4.13. The smallest absolute Gasteiger partial charge is 0.136 e. The second-order valence-electron chi connectivity index (χ2n) is 7.73. The molecule has 0 spiro atoms. The fourth-order valence-electron chi connectivity index (χ4n) is 4.16. The second-order valence-corrected chi connectivity index (χ2v) is 7.73. The first-order valence-corrected chi connectivity index (χ1v) is 9.78. The average molecular weight is 394 g/mol. The zero-order valence-corrected chi connectivity index (χ0v) is 16.6. The highest BCUT2D eigenvalue weighted by Crippen LogP contribution is 2.43. The summed E-state index contributed by atoms with van der Waals surface area (Å²) in [6.45, 7) is 1.95. The number of aromatic nitrogens is 4. The number of hydrogen-bond acceptors (Lipinski definition) is 5. The van der Waals surface area contributed by atoms with Crippen molar-refractivity contribution in [1.29, 1.82) is 0 Å². The molecule has 148 valence electrons. The summed E-state index contributed by atoms with van der Waals surface area (Å²) in [7, 11) is 0. The molecule has 30 heavy (non-hydrogen) atoms. The number of nitrogens with two attached hydrogens (primary N) is 2. The number of hydrogen-bond donors (Lipinski definition) is 2. The number of pyridine rings is 1. The van der Waals surface area contributed by atoms with Gasteiger partial charge in [-0.25, -0.2) is 15.0 Å². The van der Waals surface area contributed by atoms with Crippen molar-refractivity contribution in [3.8, 4) is 0 Å². The molecular weight excluding hydrogens is 372 g/mol. The van der Waals surface area contributed by atoms with Gasteiger partial charge in [-0.3, -0.25) is 0 Å². The molecule has 0 aliphatic rings. The first-order valence-electron chi connectivity index (χ1n) is 9.78. The molecule has 5 rings (SSSR count). The van der Waals surface area contributed by atoms with Crippen molar-refractivity contribution in [2.45, 2.75) is 18.0 Å². The monoisotopic (exact) mass is 394 g/mol. The predicted molar refractivity (Wildman–Crippen MR) is 118 cm³/mol. The van der Waals surface area contributed by atoms with E-state index in [0.29, 0.717) is 5.69 Å². The van der Waals surface area contributed by atoms with Crippen molar-refractivity contribution in [3.05, 3.63) is 108 Å². The van der Waals surface area contributed by atoms with Crippen LogP contribution in [-0.4, -0.2) is 19.4 Å². The van der Waals surface area contributed by atoms with Crippen LogP contribution in [0.3, 0.4) is 0 Å². The summed E-state index contributed by atoms with van der Waals surface area (Å²) in [5, 5.41) is 0.881. The zero-order chi connectivity index (χ0) is 20.8. The number of imidazole rings is 1. The molecule has 0 saturated carbocycles. The van der Waals surface area contributed by atoms with E-state index in [-0.39, 0.29) is 0 Å². The van der Waals surface area contributed by atoms with Gasteiger partial charge in [-0.05, 0) is 30.2 Å². The van der Waals surface area contributed by atoms with E-state index in [2.05, 4.69) is 15.0 Å². The highest BCUT2D eigenvalue weighted by Gasteiger charge is 2.48. The first kappa shape index (κ1) is 18.4. The van der Waals surface area contributed by atoms with E-state index in [4.69, 9.17) is 11.5 Å². The lowest BCUT2D eigenvalue weighted by Gasteiger charge is -2.44. The quantitative estimate of drug-likeness (QED) is 0.487. The van der Waals surface area contributed by atoms with Gasteiger partial charge < -0.3 is 15.9 Å². The van der Waals surface area contributed by atoms with Gasteiger partial charge in [-0.2, -0.15) is 0 Å². The summed E-state index contributed by atoms with van der Waals surface area (Å²) in [5.41, 5.74) is 16.4. The van der Waals surface area contributed by atoms with Crippen molar-refractivity contribution in [3.63, 3.8) is 0 Å². The van der Waals surface area contributed by atoms with Crippen LogP contribution in [0.2, 0.25) is 0 Å². The summed E-state index contributed by atoms with van der Waals surface area (Å²) in [5.74, 6) is 0. The molecular formula is C24H22N6. The summed E-state index contributed by atoms with van der Waals surface area (Å²) >= 11 is 0. The van der Waals surface area contributed by atoms with Gasteiger partial charge in [0.15, 0.2) is 0 Å². The van der Waals surface area contributed by atoms with Crippen LogP contribution < -0.4 is 11.5 Å². The number of benzene rings is 2. The summed E-state index contributed by atoms with van der Waals surface area (Å²) in [6, 6.07) is 21.7. The molecule has 0 aliphatic carbocycles. The lowest BCUT2D eigenvalue weighted by Crippen LogP contribution is -2.60. The van der Waals surface area contributed by atoms with E-state index in [1.807, 2.05) is 90.4 Å². The van der Waals surface area contributed by atoms with Gasteiger partial charge in [0, 0.05) is 24.0 Å². The normalized spacial score (nSPS) is 15.7. The Balaban J connectivity index is 1.82. The van der Waals surface area contributed by atoms with Gasteiger partial charge in [0.2, 0.25) is 0 Å². The van der Waals surface area contributed by atoms with Gasteiger partial charge in [-0.1, -0.05) is 54.6 Å². The maximum atomic E-state index is 7.30. The van der Waals surface area contributed by atoms with Crippen molar-refractivity contribution >= 4 is 16.6 Å². The minimum atomic E-state index is -1.12.